The molecule has 21 aromatic carbocycles. The summed E-state index contributed by atoms with van der Waals surface area (Å²) in [6.07, 6.45) is 0.872. The molecule has 0 bridgehead atoms. The van der Waals surface area contributed by atoms with Gasteiger partial charge in [-0.25, -0.2) is 39.9 Å². The number of aromatic nitrogens is 10. The van der Waals surface area contributed by atoms with Gasteiger partial charge in [0.1, 0.15) is 5.82 Å². The second kappa shape index (κ2) is 38.3. The molecule has 0 aliphatic heterocycles. The number of nitrogens with zero attached hydrogens (tertiary/aromatic N) is 10. The van der Waals surface area contributed by atoms with Crippen molar-refractivity contribution in [1.29, 1.82) is 0 Å². The van der Waals surface area contributed by atoms with Crippen LogP contribution in [-0.4, -0.2) is 49.0 Å². The summed E-state index contributed by atoms with van der Waals surface area (Å²) in [4.78, 5) is 41.1. The molecule has 0 fully saturated rings. The number of pyridine rings is 5. The van der Waals surface area contributed by atoms with E-state index in [1.165, 1.54) is 87.9 Å². The van der Waals surface area contributed by atoms with Crippen LogP contribution in [0.15, 0.2) is 528 Å². The maximum atomic E-state index is 5.30. The smallest absolute Gasteiger partial charge is 0.160 e. The first-order valence-electron chi connectivity index (χ1n) is 51.1. The van der Waals surface area contributed by atoms with Gasteiger partial charge in [0, 0.05) is 132 Å². The standard InChI is InChI=1S/C51H32N4.C49H31N3.C40H29N3/c1-2-14-33(15-3-1)49-42-21-5-9-25-45(42)53-51(54-49)35-30-28-34(29-31-35)50-43-23-13-22-38(48(43)41-20-4-8-24-44(41)52-50)36-16-12-17-37(32-36)55-46-26-10-6-18-39(46)40-19-7-11-27-47(40)55;1-3-12-32(13-4-1)38-16-7-8-17-39(38)40-19-11-20-42-46(40)41-18-9-10-21-45(41)52-47(42)35-24-22-34(23-25-35)44-31-29-37-27-26-36-28-30-43(33-14-5-2-6-15-33)50-48(36)49(37)51-44;1-2-38-41-36-20-8-9-21-37(36)43(38)31-24-22-27(23-25-31)29-14-10-15-30(26-29)40-34-18-11-17-32(28-12-4-3-5-13-28)39(34)33-16-6-7-19-35(33)42-40/h1-32H;1-31H;3-26H,2H2,1H3. The molecule has 8 aromatic heterocycles. The number of hydrogen-bond acceptors (Lipinski definition) is 8. The summed E-state index contributed by atoms with van der Waals surface area (Å²) in [5.74, 6) is 1.77. The Labute approximate surface area is 866 Å². The normalized spacial score (nSPS) is 11.5. The summed E-state index contributed by atoms with van der Waals surface area (Å²) in [5, 5.41) is 16.2. The van der Waals surface area contributed by atoms with E-state index in [4.69, 9.17) is 39.9 Å². The summed E-state index contributed by atoms with van der Waals surface area (Å²) in [6.45, 7) is 2.16. The summed E-state index contributed by atoms with van der Waals surface area (Å²) in [6, 6.07) is 186. The van der Waals surface area contributed by atoms with Crippen molar-refractivity contribution < 1.29 is 0 Å². The number of hydrogen-bond donors (Lipinski definition) is 0. The van der Waals surface area contributed by atoms with E-state index in [0.29, 0.717) is 5.82 Å². The molecule has 8 heterocycles. The molecule has 0 radical (unpaired) electrons. The monoisotopic (exact) mass is 1910 g/mol. The number of aryl methyl sites for hydroxylation is 1. The summed E-state index contributed by atoms with van der Waals surface area (Å²) in [7, 11) is 0. The lowest BCUT2D eigenvalue weighted by Gasteiger charge is -2.16. The van der Waals surface area contributed by atoms with Gasteiger partial charge in [-0.2, -0.15) is 0 Å². The van der Waals surface area contributed by atoms with E-state index in [1.807, 2.05) is 42.5 Å². The Bertz CT molecular complexity index is 10200. The average molecular weight is 1910 g/mol. The highest BCUT2D eigenvalue weighted by molar-refractivity contribution is 6.21. The predicted octanol–water partition coefficient (Wildman–Crippen LogP) is 36.2. The van der Waals surface area contributed by atoms with Gasteiger partial charge in [-0.1, -0.05) is 444 Å². The molecular weight excluding hydrogens is 1820 g/mol. The van der Waals surface area contributed by atoms with Gasteiger partial charge in [0.25, 0.3) is 0 Å². The van der Waals surface area contributed by atoms with Crippen molar-refractivity contribution in [2.75, 3.05) is 0 Å². The molecule has 0 N–H and O–H groups in total. The van der Waals surface area contributed by atoms with Crippen LogP contribution in [0.4, 0.5) is 0 Å². The Morgan fingerprint density at radius 1 is 0.173 bits per heavy atom. The number of rotatable bonds is 15. The number of para-hydroxylation sites is 8. The van der Waals surface area contributed by atoms with Crippen LogP contribution in [0.2, 0.25) is 0 Å². The Balaban J connectivity index is 0.000000112. The van der Waals surface area contributed by atoms with Crippen molar-refractivity contribution in [3.8, 4) is 146 Å². The van der Waals surface area contributed by atoms with E-state index in [9.17, 15) is 0 Å². The average Bonchev–Trinajstić information content (AvgIpc) is 1.44. The van der Waals surface area contributed by atoms with Gasteiger partial charge in [-0.15, -0.1) is 0 Å². The topological polar surface area (TPSA) is 113 Å². The molecule has 150 heavy (non-hydrogen) atoms. The molecule has 0 saturated carbocycles. The fourth-order valence-corrected chi connectivity index (χ4v) is 22.1. The Morgan fingerprint density at radius 2 is 0.520 bits per heavy atom. The Kier molecular flexibility index (Phi) is 22.7. The van der Waals surface area contributed by atoms with Gasteiger partial charge in [0.05, 0.1) is 89.3 Å². The van der Waals surface area contributed by atoms with Crippen LogP contribution in [0, 0.1) is 0 Å². The third-order valence-corrected chi connectivity index (χ3v) is 29.2. The molecule has 0 aliphatic rings. The molecule has 0 saturated heterocycles. The van der Waals surface area contributed by atoms with Crippen LogP contribution in [0.5, 0.6) is 0 Å². The van der Waals surface area contributed by atoms with Crippen molar-refractivity contribution in [2.45, 2.75) is 13.3 Å². The summed E-state index contributed by atoms with van der Waals surface area (Å²) in [5.41, 5.74) is 37.5. The fraction of sp³-hybridized carbons (Fsp3) is 0.0143. The number of fused-ring (bicyclic) bond motifs is 17. The van der Waals surface area contributed by atoms with Crippen LogP contribution in [0.1, 0.15) is 12.7 Å². The molecule has 10 nitrogen and oxygen atoms in total. The second-order valence-electron chi connectivity index (χ2n) is 38.0. The second-order valence-corrected chi connectivity index (χ2v) is 38.0. The Hall–Kier alpha value is -19.9. The quantitative estimate of drug-likeness (QED) is 0.0933. The van der Waals surface area contributed by atoms with Crippen molar-refractivity contribution in [1.82, 2.24) is 49.0 Å². The Morgan fingerprint density at radius 3 is 1.07 bits per heavy atom. The van der Waals surface area contributed by atoms with Crippen molar-refractivity contribution in [3.05, 3.63) is 534 Å². The van der Waals surface area contributed by atoms with E-state index in [-0.39, 0.29) is 0 Å². The summed E-state index contributed by atoms with van der Waals surface area (Å²) < 4.78 is 4.65. The van der Waals surface area contributed by atoms with Gasteiger partial charge in [-0.3, -0.25) is 4.57 Å². The zero-order valence-corrected chi connectivity index (χ0v) is 81.9. The first-order chi connectivity index (χ1) is 74.3. The molecule has 0 unspecified atom stereocenters. The van der Waals surface area contributed by atoms with Crippen LogP contribution in [-0.2, 0) is 6.42 Å². The van der Waals surface area contributed by atoms with Gasteiger partial charge in [0.2, 0.25) is 0 Å². The molecule has 0 spiro atoms. The summed E-state index contributed by atoms with van der Waals surface area (Å²) >= 11 is 0. The minimum Gasteiger partial charge on any atom is -0.309 e. The van der Waals surface area contributed by atoms with Gasteiger partial charge < -0.3 is 4.57 Å². The van der Waals surface area contributed by atoms with Crippen molar-refractivity contribution in [3.63, 3.8) is 0 Å². The highest BCUT2D eigenvalue weighted by atomic mass is 15.1. The van der Waals surface area contributed by atoms with Crippen LogP contribution in [0.3, 0.4) is 0 Å². The first-order valence-corrected chi connectivity index (χ1v) is 51.1. The van der Waals surface area contributed by atoms with E-state index in [1.54, 1.807) is 0 Å². The maximum absolute atomic E-state index is 5.30. The molecule has 702 valence electrons. The van der Waals surface area contributed by atoms with Crippen molar-refractivity contribution in [2.24, 2.45) is 0 Å². The molecule has 10 heteroatoms. The van der Waals surface area contributed by atoms with Crippen LogP contribution >= 0.6 is 0 Å². The SMILES string of the molecule is CCc1nc2ccccc2n1-c1ccc(-c2cccc(-c3nc4ccccc4c4c(-c5ccccc5)cccc34)c2)cc1.c1ccc(-c2ccc3ccc4ccc(-c5ccc(-c6nc7ccccc7c7c(-c8ccccc8-c8ccccc8)cccc67)cc5)nc4c3n2)cc1.c1ccc(-c2nc(-c3ccc(-c4nc5ccccc5c5c(-c6cccc(-n7c8ccccc8c8ccccc87)c6)cccc45)cc3)nc3ccccc23)cc1. The van der Waals surface area contributed by atoms with E-state index in [0.717, 1.165) is 195 Å². The minimum atomic E-state index is 0.700. The highest BCUT2D eigenvalue weighted by Crippen LogP contribution is 2.47. The molecule has 0 amide bonds. The minimum absolute atomic E-state index is 0.700. The predicted molar refractivity (Wildman–Crippen MR) is 625 cm³/mol. The maximum Gasteiger partial charge on any atom is 0.160 e. The fourth-order valence-electron chi connectivity index (χ4n) is 22.1. The highest BCUT2D eigenvalue weighted by Gasteiger charge is 2.25. The molecular formula is C140H92N10. The van der Waals surface area contributed by atoms with Gasteiger partial charge >= 0.3 is 0 Å². The third-order valence-electron chi connectivity index (χ3n) is 29.2. The molecule has 29 rings (SSSR count). The van der Waals surface area contributed by atoms with Crippen molar-refractivity contribution >= 4 is 131 Å². The zero-order valence-electron chi connectivity index (χ0n) is 81.9. The lowest BCUT2D eigenvalue weighted by molar-refractivity contribution is 0.908. The lowest BCUT2D eigenvalue weighted by atomic mass is 9.89. The van der Waals surface area contributed by atoms with E-state index in [2.05, 4.69) is 501 Å². The third kappa shape index (κ3) is 16.2. The van der Waals surface area contributed by atoms with E-state index < -0.39 is 0 Å². The number of benzene rings is 21. The zero-order chi connectivity index (χ0) is 99.5. The van der Waals surface area contributed by atoms with Gasteiger partial charge in [0.15, 0.2) is 5.82 Å². The number of imidazole rings is 1. The lowest BCUT2D eigenvalue weighted by Crippen LogP contribution is -1.99. The largest absolute Gasteiger partial charge is 0.309 e. The van der Waals surface area contributed by atoms with Gasteiger partial charge in [-0.05, 0) is 147 Å². The molecule has 0 atom stereocenters. The molecule has 0 aliphatic carbocycles. The first kappa shape index (κ1) is 88.9. The van der Waals surface area contributed by atoms with Crippen LogP contribution in [0.25, 0.3) is 277 Å². The molecule has 29 aromatic rings. The van der Waals surface area contributed by atoms with Crippen LogP contribution < -0.4 is 0 Å². The van der Waals surface area contributed by atoms with E-state index >= 15 is 0 Å².